The van der Waals surface area contributed by atoms with Gasteiger partial charge in [-0.05, 0) is 44.8 Å². The van der Waals surface area contributed by atoms with Crippen molar-refractivity contribution in [2.45, 2.75) is 77.3 Å². The largest absolute Gasteiger partial charge is 1.00 e. The third-order valence-corrected chi connectivity index (χ3v) is 5.82. The van der Waals surface area contributed by atoms with E-state index in [0.29, 0.717) is 6.04 Å². The molecule has 0 radical (unpaired) electrons. The summed E-state index contributed by atoms with van der Waals surface area (Å²) < 4.78 is 2.57. The predicted molar refractivity (Wildman–Crippen MR) is 91.8 cm³/mol. The Kier molecular flexibility index (Phi) is 7.80. The Morgan fingerprint density at radius 1 is 1.13 bits per heavy atom. The molecule has 1 fully saturated rings. The maximum Gasteiger partial charge on any atom is 0.186 e. The van der Waals surface area contributed by atoms with Crippen LogP contribution in [0.1, 0.15) is 75.6 Å². The van der Waals surface area contributed by atoms with E-state index in [2.05, 4.69) is 41.8 Å². The van der Waals surface area contributed by atoms with Gasteiger partial charge in [-0.25, -0.2) is 4.57 Å². The first-order valence-corrected chi connectivity index (χ1v) is 9.52. The van der Waals surface area contributed by atoms with Crippen molar-refractivity contribution >= 4 is 0 Å². The fourth-order valence-electron chi connectivity index (χ4n) is 4.57. The fourth-order valence-corrected chi connectivity index (χ4v) is 4.57. The summed E-state index contributed by atoms with van der Waals surface area (Å²) in [6, 6.07) is 5.37. The van der Waals surface area contributed by atoms with Crippen molar-refractivity contribution in [1.82, 2.24) is 4.90 Å². The lowest BCUT2D eigenvalue weighted by molar-refractivity contribution is -0.705. The summed E-state index contributed by atoms with van der Waals surface area (Å²) in [6.45, 7) is 4.79. The van der Waals surface area contributed by atoms with Crippen molar-refractivity contribution < 1.29 is 28.5 Å². The quantitative estimate of drug-likeness (QED) is 0.361. The van der Waals surface area contributed by atoms with Gasteiger partial charge in [0, 0.05) is 30.5 Å². The minimum atomic E-state index is 0. The Morgan fingerprint density at radius 2 is 1.91 bits per heavy atom. The Morgan fingerprint density at radius 3 is 2.74 bits per heavy atom. The number of pyridine rings is 1. The molecule has 0 unspecified atom stereocenters. The second-order valence-electron chi connectivity index (χ2n) is 7.38. The van der Waals surface area contributed by atoms with Crippen LogP contribution < -0.4 is 28.5 Å². The monoisotopic (exact) mass is 428 g/mol. The predicted octanol–water partition coefficient (Wildman–Crippen LogP) is 1.28. The van der Waals surface area contributed by atoms with Crippen LogP contribution in [0.4, 0.5) is 0 Å². The Bertz CT molecular complexity index is 489. The van der Waals surface area contributed by atoms with Gasteiger partial charge in [0.2, 0.25) is 0 Å². The first-order chi connectivity index (χ1) is 10.8. The van der Waals surface area contributed by atoms with Gasteiger partial charge >= 0.3 is 0 Å². The Hall–Kier alpha value is -0.160. The standard InChI is InChI=1S/C20H33N2.HI/c1-3-4-5-6-7-8-14-22-15-9-10-18-19(22)12-11-17-13-16-21(2)20(17)18;/h9-10,15,17,20H,3-8,11-14,16H2,1-2H3;1H/q+1;/p-1/t17-,20+;/m1./s1. The molecule has 2 aliphatic rings. The number of hydrogen-bond donors (Lipinski definition) is 0. The minimum Gasteiger partial charge on any atom is -1.00 e. The topological polar surface area (TPSA) is 7.12 Å². The van der Waals surface area contributed by atoms with Crippen molar-refractivity contribution in [3.05, 3.63) is 29.6 Å². The van der Waals surface area contributed by atoms with Gasteiger partial charge in [-0.1, -0.05) is 32.6 Å². The summed E-state index contributed by atoms with van der Waals surface area (Å²) in [4.78, 5) is 2.58. The molecule has 2 atom stereocenters. The molecule has 1 aliphatic heterocycles. The van der Waals surface area contributed by atoms with Crippen molar-refractivity contribution in [3.63, 3.8) is 0 Å². The number of nitrogens with zero attached hydrogens (tertiary/aromatic N) is 2. The molecule has 1 aliphatic carbocycles. The van der Waals surface area contributed by atoms with Crippen LogP contribution >= 0.6 is 0 Å². The van der Waals surface area contributed by atoms with Crippen LogP contribution in [0, 0.1) is 5.92 Å². The SMILES string of the molecule is CCCCCCCC[n+]1cccc2c1CC[C@@H]1CCN(C)[C@H]21.[I-]. The van der Waals surface area contributed by atoms with Gasteiger partial charge < -0.3 is 24.0 Å². The summed E-state index contributed by atoms with van der Waals surface area (Å²) in [5, 5.41) is 0. The highest BCUT2D eigenvalue weighted by Crippen LogP contribution is 2.42. The molecule has 0 spiro atoms. The molecular formula is C20H33IN2. The number of likely N-dealkylation sites (tertiary alicyclic amines) is 1. The molecule has 2 heterocycles. The highest BCUT2D eigenvalue weighted by Gasteiger charge is 2.40. The second kappa shape index (κ2) is 9.36. The van der Waals surface area contributed by atoms with Crippen LogP contribution in [-0.4, -0.2) is 18.5 Å². The molecule has 1 aromatic rings. The minimum absolute atomic E-state index is 0. The van der Waals surface area contributed by atoms with E-state index in [1.54, 1.807) is 11.3 Å². The Balaban J connectivity index is 0.00000192. The summed E-state index contributed by atoms with van der Waals surface area (Å²) in [5.41, 5.74) is 3.26. The molecule has 3 rings (SSSR count). The van der Waals surface area contributed by atoms with E-state index >= 15 is 0 Å². The van der Waals surface area contributed by atoms with E-state index in [1.165, 1.54) is 70.9 Å². The van der Waals surface area contributed by atoms with Crippen molar-refractivity contribution in [2.75, 3.05) is 13.6 Å². The van der Waals surface area contributed by atoms with Crippen LogP contribution in [0.2, 0.25) is 0 Å². The molecule has 3 heteroatoms. The fraction of sp³-hybridized carbons (Fsp3) is 0.750. The third kappa shape index (κ3) is 4.47. The lowest BCUT2D eigenvalue weighted by Gasteiger charge is -2.30. The zero-order valence-electron chi connectivity index (χ0n) is 14.9. The first-order valence-electron chi connectivity index (χ1n) is 9.52. The molecular weight excluding hydrogens is 395 g/mol. The van der Waals surface area contributed by atoms with Gasteiger partial charge in [-0.15, -0.1) is 0 Å². The van der Waals surface area contributed by atoms with E-state index in [0.717, 1.165) is 5.92 Å². The molecule has 0 N–H and O–H groups in total. The average molecular weight is 428 g/mol. The van der Waals surface area contributed by atoms with Crippen molar-refractivity contribution in [1.29, 1.82) is 0 Å². The van der Waals surface area contributed by atoms with E-state index in [-0.39, 0.29) is 24.0 Å². The molecule has 0 bridgehead atoms. The number of aryl methyl sites for hydroxylation is 1. The van der Waals surface area contributed by atoms with Gasteiger partial charge in [0.1, 0.15) is 6.54 Å². The van der Waals surface area contributed by atoms with E-state index in [9.17, 15) is 0 Å². The molecule has 2 nitrogen and oxygen atoms in total. The number of hydrogen-bond acceptors (Lipinski definition) is 1. The maximum atomic E-state index is 2.58. The molecule has 130 valence electrons. The third-order valence-electron chi connectivity index (χ3n) is 5.82. The highest BCUT2D eigenvalue weighted by molar-refractivity contribution is 5.25. The second-order valence-corrected chi connectivity index (χ2v) is 7.38. The van der Waals surface area contributed by atoms with Gasteiger partial charge in [-0.3, -0.25) is 4.90 Å². The molecule has 23 heavy (non-hydrogen) atoms. The Labute approximate surface area is 159 Å². The first kappa shape index (κ1) is 19.2. The van der Waals surface area contributed by atoms with E-state index in [1.807, 2.05) is 0 Å². The number of fused-ring (bicyclic) bond motifs is 3. The molecule has 1 aromatic heterocycles. The van der Waals surface area contributed by atoms with Gasteiger partial charge in [0.05, 0.1) is 0 Å². The van der Waals surface area contributed by atoms with Crippen LogP contribution in [-0.2, 0) is 13.0 Å². The summed E-state index contributed by atoms with van der Waals surface area (Å²) >= 11 is 0. The zero-order chi connectivity index (χ0) is 15.4. The van der Waals surface area contributed by atoms with E-state index < -0.39 is 0 Å². The van der Waals surface area contributed by atoms with Crippen LogP contribution in [0.25, 0.3) is 0 Å². The summed E-state index contributed by atoms with van der Waals surface area (Å²) in [6.07, 6.45) is 14.7. The molecule has 0 saturated carbocycles. The lowest BCUT2D eigenvalue weighted by atomic mass is 9.82. The van der Waals surface area contributed by atoms with E-state index in [4.69, 9.17) is 0 Å². The number of rotatable bonds is 7. The van der Waals surface area contributed by atoms with Gasteiger partial charge in [0.15, 0.2) is 11.9 Å². The number of aromatic nitrogens is 1. The summed E-state index contributed by atoms with van der Waals surface area (Å²) in [7, 11) is 2.31. The van der Waals surface area contributed by atoms with Crippen LogP contribution in [0.3, 0.4) is 0 Å². The van der Waals surface area contributed by atoms with Crippen molar-refractivity contribution in [3.8, 4) is 0 Å². The highest BCUT2D eigenvalue weighted by atomic mass is 127. The smallest absolute Gasteiger partial charge is 0.186 e. The molecule has 0 amide bonds. The van der Waals surface area contributed by atoms with Crippen molar-refractivity contribution in [2.24, 2.45) is 5.92 Å². The zero-order valence-corrected chi connectivity index (χ0v) is 17.1. The van der Waals surface area contributed by atoms with Crippen LogP contribution in [0.15, 0.2) is 18.3 Å². The van der Waals surface area contributed by atoms with Crippen LogP contribution in [0.5, 0.6) is 0 Å². The lowest BCUT2D eigenvalue weighted by Crippen LogP contribution is -3.00. The molecule has 1 saturated heterocycles. The number of unbranched alkanes of at least 4 members (excludes halogenated alkanes) is 5. The summed E-state index contributed by atoms with van der Waals surface area (Å²) in [5.74, 6) is 0.905. The molecule has 0 aromatic carbocycles. The maximum absolute atomic E-state index is 2.58. The van der Waals surface area contributed by atoms with Gasteiger partial charge in [-0.2, -0.15) is 0 Å². The average Bonchev–Trinajstić information content (AvgIpc) is 2.92. The normalized spacial score (nSPS) is 23.2. The number of halogens is 1. The van der Waals surface area contributed by atoms with Gasteiger partial charge in [0.25, 0.3) is 0 Å².